The van der Waals surface area contributed by atoms with Gasteiger partial charge >= 0.3 is 5.97 Å². The molecular weight excluding hydrogens is 251 g/mol. The van der Waals surface area contributed by atoms with Crippen molar-refractivity contribution < 1.29 is 14.3 Å². The van der Waals surface area contributed by atoms with Gasteiger partial charge < -0.3 is 10.0 Å². The Balaban J connectivity index is 2.00. The van der Waals surface area contributed by atoms with Crippen LogP contribution in [0.2, 0.25) is 0 Å². The first kappa shape index (κ1) is 11.9. The van der Waals surface area contributed by atoms with E-state index in [9.17, 15) is 9.18 Å². The molecule has 0 bridgehead atoms. The van der Waals surface area contributed by atoms with E-state index in [4.69, 9.17) is 5.11 Å². The molecule has 1 aliphatic heterocycles. The largest absolute Gasteiger partial charge is 0.477 e. The van der Waals surface area contributed by atoms with Gasteiger partial charge in [0.25, 0.3) is 0 Å². The average Bonchev–Trinajstić information content (AvgIpc) is 2.81. The highest BCUT2D eigenvalue weighted by Gasteiger charge is 2.21. The number of aromatic carboxylic acids is 1. The fourth-order valence-electron chi connectivity index (χ4n) is 2.32. The normalized spacial score (nSPS) is 19.8. The number of fused-ring (bicyclic) bond motifs is 1. The standard InChI is InChI=1S/C12H13FN4O2/c13-8-2-1-4-16(7-8)10-3-5-17-11(15-10)9(6-14-17)12(18)19/h3,5-6,8H,1-2,4,7H2,(H,18,19). The monoisotopic (exact) mass is 264 g/mol. The van der Waals surface area contributed by atoms with Crippen LogP contribution in [-0.4, -0.2) is 44.9 Å². The van der Waals surface area contributed by atoms with Crippen LogP contribution in [-0.2, 0) is 0 Å². The summed E-state index contributed by atoms with van der Waals surface area (Å²) in [6, 6.07) is 1.73. The van der Waals surface area contributed by atoms with Crippen molar-refractivity contribution in [3.8, 4) is 0 Å². The maximum absolute atomic E-state index is 13.4. The average molecular weight is 264 g/mol. The van der Waals surface area contributed by atoms with Crippen LogP contribution in [0.5, 0.6) is 0 Å². The van der Waals surface area contributed by atoms with Gasteiger partial charge in [0.15, 0.2) is 5.65 Å². The molecule has 100 valence electrons. The first-order valence-electron chi connectivity index (χ1n) is 6.12. The minimum Gasteiger partial charge on any atom is -0.477 e. The van der Waals surface area contributed by atoms with Crippen LogP contribution < -0.4 is 4.90 Å². The molecule has 2 aromatic rings. The van der Waals surface area contributed by atoms with E-state index >= 15 is 0 Å². The molecule has 0 spiro atoms. The molecular formula is C12H13FN4O2. The molecule has 1 aliphatic rings. The number of hydrogen-bond acceptors (Lipinski definition) is 4. The SMILES string of the molecule is O=C(O)c1cnn2ccc(N3CCCC(F)C3)nc12. The Bertz CT molecular complexity index is 627. The second kappa shape index (κ2) is 4.49. The van der Waals surface area contributed by atoms with Crippen molar-refractivity contribution in [1.82, 2.24) is 14.6 Å². The van der Waals surface area contributed by atoms with E-state index in [-0.39, 0.29) is 11.2 Å². The van der Waals surface area contributed by atoms with Crippen LogP contribution in [0.1, 0.15) is 23.2 Å². The number of aromatic nitrogens is 3. The van der Waals surface area contributed by atoms with E-state index < -0.39 is 12.1 Å². The maximum atomic E-state index is 13.4. The summed E-state index contributed by atoms with van der Waals surface area (Å²) in [7, 11) is 0. The van der Waals surface area contributed by atoms with Crippen molar-refractivity contribution in [3.63, 3.8) is 0 Å². The number of rotatable bonds is 2. The Morgan fingerprint density at radius 2 is 2.37 bits per heavy atom. The number of anilines is 1. The Labute approximate surface area is 108 Å². The molecule has 1 unspecified atom stereocenters. The second-order valence-electron chi connectivity index (χ2n) is 4.60. The lowest BCUT2D eigenvalue weighted by Gasteiger charge is -2.29. The fourth-order valence-corrected chi connectivity index (χ4v) is 2.32. The molecule has 3 heterocycles. The minimum atomic E-state index is -1.07. The molecule has 1 saturated heterocycles. The van der Waals surface area contributed by atoms with Gasteiger partial charge in [0.05, 0.1) is 12.7 Å². The van der Waals surface area contributed by atoms with E-state index in [2.05, 4.69) is 10.1 Å². The van der Waals surface area contributed by atoms with Crippen LogP contribution in [0, 0.1) is 0 Å². The van der Waals surface area contributed by atoms with E-state index in [1.54, 1.807) is 12.3 Å². The number of hydrogen-bond donors (Lipinski definition) is 1. The molecule has 7 heteroatoms. The molecule has 0 aromatic carbocycles. The van der Waals surface area contributed by atoms with Crippen molar-refractivity contribution in [2.75, 3.05) is 18.0 Å². The zero-order valence-corrected chi connectivity index (χ0v) is 10.2. The lowest BCUT2D eigenvalue weighted by molar-refractivity contribution is 0.0698. The molecule has 3 rings (SSSR count). The number of nitrogens with zero attached hydrogens (tertiary/aromatic N) is 4. The van der Waals surface area contributed by atoms with Crippen molar-refractivity contribution >= 4 is 17.4 Å². The van der Waals surface area contributed by atoms with Gasteiger partial charge in [-0.25, -0.2) is 18.7 Å². The Hall–Kier alpha value is -2.18. The fraction of sp³-hybridized carbons (Fsp3) is 0.417. The summed E-state index contributed by atoms with van der Waals surface area (Å²) in [5.74, 6) is -0.473. The highest BCUT2D eigenvalue weighted by atomic mass is 19.1. The maximum Gasteiger partial charge on any atom is 0.341 e. The van der Waals surface area contributed by atoms with Gasteiger partial charge in [-0.05, 0) is 18.9 Å². The van der Waals surface area contributed by atoms with Crippen LogP contribution in [0.4, 0.5) is 10.2 Å². The van der Waals surface area contributed by atoms with Gasteiger partial charge in [0, 0.05) is 12.7 Å². The van der Waals surface area contributed by atoms with E-state index in [1.807, 2.05) is 4.90 Å². The van der Waals surface area contributed by atoms with Gasteiger partial charge in [-0.3, -0.25) is 0 Å². The number of carboxylic acid groups (broad SMARTS) is 1. The van der Waals surface area contributed by atoms with Gasteiger partial charge in [0.1, 0.15) is 17.6 Å². The topological polar surface area (TPSA) is 70.7 Å². The molecule has 0 amide bonds. The Kier molecular flexibility index (Phi) is 2.81. The molecule has 6 nitrogen and oxygen atoms in total. The molecule has 0 radical (unpaired) electrons. The summed E-state index contributed by atoms with van der Waals surface area (Å²) in [4.78, 5) is 17.2. The van der Waals surface area contributed by atoms with Gasteiger partial charge in [-0.1, -0.05) is 0 Å². The molecule has 1 atom stereocenters. The summed E-state index contributed by atoms with van der Waals surface area (Å²) in [5.41, 5.74) is 0.335. The zero-order chi connectivity index (χ0) is 13.4. The van der Waals surface area contributed by atoms with Crippen molar-refractivity contribution in [2.24, 2.45) is 0 Å². The number of alkyl halides is 1. The summed E-state index contributed by atoms with van der Waals surface area (Å²) in [6.07, 6.45) is 3.41. The van der Waals surface area contributed by atoms with Crippen molar-refractivity contribution in [1.29, 1.82) is 0 Å². The summed E-state index contributed by atoms with van der Waals surface area (Å²) < 4.78 is 14.8. The lowest BCUT2D eigenvalue weighted by Crippen LogP contribution is -2.36. The second-order valence-corrected chi connectivity index (χ2v) is 4.60. The van der Waals surface area contributed by atoms with Crippen LogP contribution >= 0.6 is 0 Å². The first-order chi connectivity index (χ1) is 9.15. The molecule has 2 aromatic heterocycles. The van der Waals surface area contributed by atoms with Crippen LogP contribution in [0.25, 0.3) is 5.65 Å². The van der Waals surface area contributed by atoms with Gasteiger partial charge in [-0.15, -0.1) is 0 Å². The molecule has 1 fully saturated rings. The molecule has 0 aliphatic carbocycles. The number of piperidine rings is 1. The quantitative estimate of drug-likeness (QED) is 0.887. The highest BCUT2D eigenvalue weighted by molar-refractivity contribution is 5.94. The van der Waals surface area contributed by atoms with E-state index in [0.29, 0.717) is 18.8 Å². The molecule has 19 heavy (non-hydrogen) atoms. The third-order valence-electron chi connectivity index (χ3n) is 3.27. The third kappa shape index (κ3) is 2.11. The summed E-state index contributed by atoms with van der Waals surface area (Å²) >= 11 is 0. The Morgan fingerprint density at radius 3 is 3.11 bits per heavy atom. The molecule has 1 N–H and O–H groups in total. The third-order valence-corrected chi connectivity index (χ3v) is 3.27. The van der Waals surface area contributed by atoms with E-state index in [0.717, 1.165) is 13.0 Å². The number of carboxylic acids is 1. The van der Waals surface area contributed by atoms with Crippen LogP contribution in [0.3, 0.4) is 0 Å². The summed E-state index contributed by atoms with van der Waals surface area (Å²) in [5, 5.41) is 13.0. The predicted octanol–water partition coefficient (Wildman–Crippen LogP) is 1.37. The van der Waals surface area contributed by atoms with E-state index in [1.165, 1.54) is 10.7 Å². The highest BCUT2D eigenvalue weighted by Crippen LogP contribution is 2.20. The first-order valence-corrected chi connectivity index (χ1v) is 6.12. The van der Waals surface area contributed by atoms with Gasteiger partial charge in [0.2, 0.25) is 0 Å². The summed E-state index contributed by atoms with van der Waals surface area (Å²) in [6.45, 7) is 1.04. The van der Waals surface area contributed by atoms with Gasteiger partial charge in [-0.2, -0.15) is 5.10 Å². The van der Waals surface area contributed by atoms with Crippen molar-refractivity contribution in [3.05, 3.63) is 24.0 Å². The van der Waals surface area contributed by atoms with Crippen LogP contribution in [0.15, 0.2) is 18.5 Å². The predicted molar refractivity (Wildman–Crippen MR) is 66.3 cm³/mol. The Morgan fingerprint density at radius 1 is 1.53 bits per heavy atom. The zero-order valence-electron chi connectivity index (χ0n) is 10.2. The smallest absolute Gasteiger partial charge is 0.341 e. The number of halogens is 1. The minimum absolute atomic E-state index is 0.0515. The molecule has 0 saturated carbocycles. The lowest BCUT2D eigenvalue weighted by atomic mass is 10.1. The van der Waals surface area contributed by atoms with Crippen molar-refractivity contribution in [2.45, 2.75) is 19.0 Å². The number of carbonyl (C=O) groups is 1.